The number of benzene rings is 1. The minimum absolute atomic E-state index is 0.168. The monoisotopic (exact) mass is 178 g/mol. The van der Waals surface area contributed by atoms with E-state index >= 15 is 0 Å². The lowest BCUT2D eigenvalue weighted by molar-refractivity contribution is 0.639. The van der Waals surface area contributed by atoms with E-state index < -0.39 is 0 Å². The Morgan fingerprint density at radius 3 is 2.69 bits per heavy atom. The quantitative estimate of drug-likeness (QED) is 0.648. The fourth-order valence-electron chi connectivity index (χ4n) is 1.46. The molecule has 13 heavy (non-hydrogen) atoms. The molecule has 0 saturated carbocycles. The summed E-state index contributed by atoms with van der Waals surface area (Å²) < 4.78 is 15.1. The van der Waals surface area contributed by atoms with Crippen LogP contribution in [-0.2, 0) is 0 Å². The first-order chi connectivity index (χ1) is 6.20. The zero-order valence-electron chi connectivity index (χ0n) is 7.66. The molecule has 2 aromatic rings. The molecule has 3 heteroatoms. The molecular formula is C10H11FN2. The zero-order chi connectivity index (χ0) is 9.42. The van der Waals surface area contributed by atoms with Gasteiger partial charge >= 0.3 is 0 Å². The number of nitrogens with zero attached hydrogens (tertiary/aromatic N) is 2. The summed E-state index contributed by atoms with van der Waals surface area (Å²) >= 11 is 0. The molecule has 0 amide bonds. The Balaban J connectivity index is 2.75. The number of fused-ring (bicyclic) bond motifs is 1. The summed E-state index contributed by atoms with van der Waals surface area (Å²) in [6.45, 7) is 0. The summed E-state index contributed by atoms with van der Waals surface area (Å²) in [5, 5.41) is 2.57. The molecule has 0 aliphatic rings. The highest BCUT2D eigenvalue weighted by atomic mass is 19.1. The molecule has 0 bridgehead atoms. The van der Waals surface area contributed by atoms with Gasteiger partial charge in [-0.15, -0.1) is 0 Å². The van der Waals surface area contributed by atoms with Crippen LogP contribution >= 0.6 is 0 Å². The Morgan fingerprint density at radius 2 is 2.00 bits per heavy atom. The fourth-order valence-corrected chi connectivity index (χ4v) is 1.46. The molecule has 0 aliphatic carbocycles. The highest BCUT2D eigenvalue weighted by Gasteiger charge is 2.04. The van der Waals surface area contributed by atoms with Gasteiger partial charge in [-0.25, -0.2) is 4.39 Å². The highest BCUT2D eigenvalue weighted by molar-refractivity contribution is 5.80. The van der Waals surface area contributed by atoms with Crippen LogP contribution in [0.4, 0.5) is 4.39 Å². The number of rotatable bonds is 1. The Kier molecular flexibility index (Phi) is 1.72. The van der Waals surface area contributed by atoms with Crippen molar-refractivity contribution in [2.24, 2.45) is 0 Å². The van der Waals surface area contributed by atoms with Gasteiger partial charge in [0.05, 0.1) is 5.52 Å². The molecule has 0 spiro atoms. The van der Waals surface area contributed by atoms with Crippen molar-refractivity contribution in [2.75, 3.05) is 19.1 Å². The summed E-state index contributed by atoms with van der Waals surface area (Å²) in [7, 11) is 3.84. The Hall–Kier alpha value is -1.51. The summed E-state index contributed by atoms with van der Waals surface area (Å²) in [5.41, 5.74) is 0.894. The van der Waals surface area contributed by atoms with Crippen molar-refractivity contribution in [2.45, 2.75) is 0 Å². The van der Waals surface area contributed by atoms with E-state index in [0.29, 0.717) is 5.39 Å². The van der Waals surface area contributed by atoms with Gasteiger partial charge in [0.25, 0.3) is 0 Å². The molecule has 2 rings (SSSR count). The van der Waals surface area contributed by atoms with Gasteiger partial charge in [0.15, 0.2) is 0 Å². The van der Waals surface area contributed by atoms with Crippen molar-refractivity contribution in [3.8, 4) is 0 Å². The summed E-state index contributed by atoms with van der Waals surface area (Å²) in [6, 6.07) is 6.88. The average Bonchev–Trinajstić information content (AvgIpc) is 2.48. The number of aromatic nitrogens is 1. The van der Waals surface area contributed by atoms with Crippen LogP contribution in [0.2, 0.25) is 0 Å². The predicted molar refractivity (Wildman–Crippen MR) is 52.0 cm³/mol. The van der Waals surface area contributed by atoms with Crippen molar-refractivity contribution in [1.82, 2.24) is 4.68 Å². The maximum Gasteiger partial charge on any atom is 0.132 e. The van der Waals surface area contributed by atoms with Crippen LogP contribution in [0.5, 0.6) is 0 Å². The van der Waals surface area contributed by atoms with E-state index in [2.05, 4.69) is 0 Å². The SMILES string of the molecule is CN(C)n1ccc2c(F)cccc21. The third-order valence-corrected chi connectivity index (χ3v) is 2.09. The van der Waals surface area contributed by atoms with E-state index in [9.17, 15) is 4.39 Å². The zero-order valence-corrected chi connectivity index (χ0v) is 7.66. The predicted octanol–water partition coefficient (Wildman–Crippen LogP) is 1.98. The molecule has 0 saturated heterocycles. The first kappa shape index (κ1) is 8.10. The largest absolute Gasteiger partial charge is 0.319 e. The summed E-state index contributed by atoms with van der Waals surface area (Å²) in [5.74, 6) is -0.168. The van der Waals surface area contributed by atoms with Gasteiger partial charge in [0.2, 0.25) is 0 Å². The molecule has 0 fully saturated rings. The average molecular weight is 178 g/mol. The Bertz CT molecular complexity index is 431. The molecular weight excluding hydrogens is 167 g/mol. The molecule has 1 heterocycles. The summed E-state index contributed by atoms with van der Waals surface area (Å²) in [6.07, 6.45) is 1.85. The second kappa shape index (κ2) is 2.76. The number of halogens is 1. The van der Waals surface area contributed by atoms with Crippen LogP contribution in [-0.4, -0.2) is 18.8 Å². The lowest BCUT2D eigenvalue weighted by Gasteiger charge is -2.15. The normalized spacial score (nSPS) is 10.7. The lowest BCUT2D eigenvalue weighted by atomic mass is 10.2. The number of hydrogen-bond donors (Lipinski definition) is 0. The van der Waals surface area contributed by atoms with E-state index in [0.717, 1.165) is 5.52 Å². The van der Waals surface area contributed by atoms with E-state index in [4.69, 9.17) is 0 Å². The van der Waals surface area contributed by atoms with Crippen molar-refractivity contribution >= 4 is 10.9 Å². The van der Waals surface area contributed by atoms with Gasteiger partial charge < -0.3 is 5.01 Å². The van der Waals surface area contributed by atoms with Gasteiger partial charge in [-0.05, 0) is 18.2 Å². The molecule has 0 aliphatic heterocycles. The van der Waals surface area contributed by atoms with Crippen molar-refractivity contribution in [3.63, 3.8) is 0 Å². The molecule has 0 N–H and O–H groups in total. The molecule has 1 aromatic carbocycles. The van der Waals surface area contributed by atoms with Crippen molar-refractivity contribution < 1.29 is 4.39 Å². The molecule has 0 unspecified atom stereocenters. The number of hydrogen-bond acceptors (Lipinski definition) is 1. The van der Waals surface area contributed by atoms with Gasteiger partial charge in [-0.1, -0.05) is 6.07 Å². The third-order valence-electron chi connectivity index (χ3n) is 2.09. The smallest absolute Gasteiger partial charge is 0.132 e. The van der Waals surface area contributed by atoms with Crippen molar-refractivity contribution in [1.29, 1.82) is 0 Å². The van der Waals surface area contributed by atoms with E-state index in [1.807, 2.05) is 36.0 Å². The standard InChI is InChI=1S/C10H11FN2/c1-12(2)13-7-6-8-9(11)4-3-5-10(8)13/h3-7H,1-2H3. The Morgan fingerprint density at radius 1 is 1.23 bits per heavy atom. The van der Waals surface area contributed by atoms with Crippen LogP contribution in [0.3, 0.4) is 0 Å². The van der Waals surface area contributed by atoms with Crippen LogP contribution in [0.1, 0.15) is 0 Å². The van der Waals surface area contributed by atoms with E-state index in [1.54, 1.807) is 12.1 Å². The van der Waals surface area contributed by atoms with Gasteiger partial charge in [0, 0.05) is 25.7 Å². The van der Waals surface area contributed by atoms with Gasteiger partial charge in [-0.2, -0.15) is 0 Å². The lowest BCUT2D eigenvalue weighted by Crippen LogP contribution is -2.23. The van der Waals surface area contributed by atoms with Crippen LogP contribution < -0.4 is 5.01 Å². The van der Waals surface area contributed by atoms with Gasteiger partial charge in [0.1, 0.15) is 5.82 Å². The third kappa shape index (κ3) is 1.16. The first-order valence-corrected chi connectivity index (χ1v) is 4.13. The highest BCUT2D eigenvalue weighted by Crippen LogP contribution is 2.18. The van der Waals surface area contributed by atoms with Gasteiger partial charge in [-0.3, -0.25) is 4.68 Å². The minimum Gasteiger partial charge on any atom is -0.319 e. The summed E-state index contributed by atoms with van der Waals surface area (Å²) in [4.78, 5) is 0. The van der Waals surface area contributed by atoms with Crippen LogP contribution in [0.25, 0.3) is 10.9 Å². The second-order valence-corrected chi connectivity index (χ2v) is 3.18. The van der Waals surface area contributed by atoms with Crippen LogP contribution in [0, 0.1) is 5.82 Å². The molecule has 0 radical (unpaired) electrons. The fraction of sp³-hybridized carbons (Fsp3) is 0.200. The maximum atomic E-state index is 13.2. The van der Waals surface area contributed by atoms with Crippen molar-refractivity contribution in [3.05, 3.63) is 36.3 Å². The molecule has 0 atom stereocenters. The van der Waals surface area contributed by atoms with E-state index in [-0.39, 0.29) is 5.82 Å². The molecule has 2 nitrogen and oxygen atoms in total. The second-order valence-electron chi connectivity index (χ2n) is 3.18. The first-order valence-electron chi connectivity index (χ1n) is 4.13. The Labute approximate surface area is 76.2 Å². The van der Waals surface area contributed by atoms with E-state index in [1.165, 1.54) is 6.07 Å². The topological polar surface area (TPSA) is 8.17 Å². The maximum absolute atomic E-state index is 13.2. The molecule has 68 valence electrons. The van der Waals surface area contributed by atoms with Crippen LogP contribution in [0.15, 0.2) is 30.5 Å². The minimum atomic E-state index is -0.168. The molecule has 1 aromatic heterocycles.